The second-order valence-corrected chi connectivity index (χ2v) is 5.27. The normalized spacial score (nSPS) is 17.0. The lowest BCUT2D eigenvalue weighted by Gasteiger charge is -2.32. The number of halogens is 2. The number of nitrogens with two attached hydrogens (primary N) is 1. The predicted molar refractivity (Wildman–Crippen MR) is 86.9 cm³/mol. The van der Waals surface area contributed by atoms with E-state index in [1.165, 1.54) is 6.42 Å². The minimum absolute atomic E-state index is 0. The highest BCUT2D eigenvalue weighted by Crippen LogP contribution is 2.25. The fourth-order valence-electron chi connectivity index (χ4n) is 2.30. The van der Waals surface area contributed by atoms with Gasteiger partial charge in [0.25, 0.3) is 0 Å². The van der Waals surface area contributed by atoms with E-state index >= 15 is 0 Å². The van der Waals surface area contributed by atoms with Crippen LogP contribution in [0.3, 0.4) is 0 Å². The van der Waals surface area contributed by atoms with Gasteiger partial charge in [-0.2, -0.15) is 0 Å². The number of nitrogens with one attached hydrogen (secondary N) is 1. The SMILES string of the molecule is COCCN(C)CCNC(=O)C1(N)CCCCC1.Cl.Cl. The van der Waals surface area contributed by atoms with Crippen LogP contribution in [-0.4, -0.2) is 56.7 Å². The first-order chi connectivity index (χ1) is 8.58. The summed E-state index contributed by atoms with van der Waals surface area (Å²) in [4.78, 5) is 14.2. The van der Waals surface area contributed by atoms with Gasteiger partial charge in [0.05, 0.1) is 12.1 Å². The Labute approximate surface area is 134 Å². The lowest BCUT2D eigenvalue weighted by molar-refractivity contribution is -0.127. The average Bonchev–Trinajstić information content (AvgIpc) is 2.37. The van der Waals surface area contributed by atoms with Gasteiger partial charge in [0.1, 0.15) is 0 Å². The molecule has 122 valence electrons. The number of likely N-dealkylation sites (N-methyl/N-ethyl adjacent to an activating group) is 1. The number of carbonyl (C=O) groups excluding carboxylic acids is 1. The van der Waals surface area contributed by atoms with Crippen molar-refractivity contribution in [3.8, 4) is 0 Å². The highest BCUT2D eigenvalue weighted by molar-refractivity contribution is 5.86. The smallest absolute Gasteiger partial charge is 0.240 e. The summed E-state index contributed by atoms with van der Waals surface area (Å²) in [5.74, 6) is 0.0161. The lowest BCUT2D eigenvalue weighted by atomic mass is 9.82. The van der Waals surface area contributed by atoms with Gasteiger partial charge < -0.3 is 20.7 Å². The molecular formula is C13H29Cl2N3O2. The molecule has 0 aromatic heterocycles. The maximum atomic E-state index is 12.0. The topological polar surface area (TPSA) is 67.6 Å². The molecule has 0 heterocycles. The Bertz CT molecular complexity index is 262. The van der Waals surface area contributed by atoms with E-state index in [1.54, 1.807) is 7.11 Å². The first-order valence-corrected chi connectivity index (χ1v) is 6.83. The molecule has 1 fully saturated rings. The number of carbonyl (C=O) groups is 1. The highest BCUT2D eigenvalue weighted by atomic mass is 35.5. The van der Waals surface area contributed by atoms with E-state index in [1.807, 2.05) is 7.05 Å². The third-order valence-corrected chi connectivity index (χ3v) is 3.65. The van der Waals surface area contributed by atoms with Crippen LogP contribution in [0.2, 0.25) is 0 Å². The molecule has 0 radical (unpaired) electrons. The van der Waals surface area contributed by atoms with Gasteiger partial charge in [0.15, 0.2) is 0 Å². The van der Waals surface area contributed by atoms with Gasteiger partial charge >= 0.3 is 0 Å². The molecule has 1 amide bonds. The first-order valence-electron chi connectivity index (χ1n) is 6.83. The van der Waals surface area contributed by atoms with Crippen LogP contribution in [0, 0.1) is 0 Å². The van der Waals surface area contributed by atoms with Crippen molar-refractivity contribution >= 4 is 30.7 Å². The zero-order chi connectivity index (χ0) is 13.4. The van der Waals surface area contributed by atoms with Gasteiger partial charge in [-0.05, 0) is 19.9 Å². The van der Waals surface area contributed by atoms with E-state index < -0.39 is 5.54 Å². The van der Waals surface area contributed by atoms with E-state index in [9.17, 15) is 4.79 Å². The summed E-state index contributed by atoms with van der Waals surface area (Å²) in [5.41, 5.74) is 5.53. The molecule has 0 aromatic carbocycles. The molecule has 0 aliphatic heterocycles. The van der Waals surface area contributed by atoms with Crippen molar-refractivity contribution in [2.24, 2.45) is 5.73 Å². The largest absolute Gasteiger partial charge is 0.383 e. The van der Waals surface area contributed by atoms with E-state index in [0.717, 1.165) is 38.8 Å². The first kappa shape index (κ1) is 22.2. The molecule has 5 nitrogen and oxygen atoms in total. The number of hydrogen-bond donors (Lipinski definition) is 2. The minimum Gasteiger partial charge on any atom is -0.383 e. The second kappa shape index (κ2) is 11.6. The fourth-order valence-corrected chi connectivity index (χ4v) is 2.30. The molecule has 20 heavy (non-hydrogen) atoms. The van der Waals surface area contributed by atoms with Crippen molar-refractivity contribution in [1.29, 1.82) is 0 Å². The van der Waals surface area contributed by atoms with Crippen LogP contribution in [0.25, 0.3) is 0 Å². The van der Waals surface area contributed by atoms with Crippen LogP contribution >= 0.6 is 24.8 Å². The van der Waals surface area contributed by atoms with Crippen molar-refractivity contribution < 1.29 is 9.53 Å². The van der Waals surface area contributed by atoms with Crippen molar-refractivity contribution in [2.75, 3.05) is 40.4 Å². The van der Waals surface area contributed by atoms with Crippen molar-refractivity contribution in [2.45, 2.75) is 37.6 Å². The average molecular weight is 330 g/mol. The Morgan fingerprint density at radius 1 is 1.25 bits per heavy atom. The standard InChI is InChI=1S/C13H27N3O2.2ClH/c1-16(10-11-18-2)9-8-15-12(17)13(14)6-4-3-5-7-13;;/h3-11,14H2,1-2H3,(H,15,17);2*1H. The van der Waals surface area contributed by atoms with Gasteiger partial charge in [-0.3, -0.25) is 4.79 Å². The van der Waals surface area contributed by atoms with Gasteiger partial charge in [-0.15, -0.1) is 24.8 Å². The summed E-state index contributed by atoms with van der Waals surface area (Å²) in [6.07, 6.45) is 4.97. The molecule has 0 unspecified atom stereocenters. The Morgan fingerprint density at radius 2 is 1.85 bits per heavy atom. The summed E-state index contributed by atoms with van der Waals surface area (Å²) >= 11 is 0. The Morgan fingerprint density at radius 3 is 2.40 bits per heavy atom. The molecule has 3 N–H and O–H groups in total. The summed E-state index contributed by atoms with van der Waals surface area (Å²) in [6, 6.07) is 0. The zero-order valence-electron chi connectivity index (χ0n) is 12.5. The quantitative estimate of drug-likeness (QED) is 0.736. The zero-order valence-corrected chi connectivity index (χ0v) is 14.2. The van der Waals surface area contributed by atoms with E-state index in [2.05, 4.69) is 10.2 Å². The maximum Gasteiger partial charge on any atom is 0.240 e. The Balaban J connectivity index is 0. The fraction of sp³-hybridized carbons (Fsp3) is 0.923. The Hall–Kier alpha value is -0.0700. The van der Waals surface area contributed by atoms with Crippen LogP contribution in [-0.2, 0) is 9.53 Å². The summed E-state index contributed by atoms with van der Waals surface area (Å²) in [7, 11) is 3.71. The van der Waals surface area contributed by atoms with E-state index in [4.69, 9.17) is 10.5 Å². The lowest BCUT2D eigenvalue weighted by Crippen LogP contribution is -2.55. The van der Waals surface area contributed by atoms with Crippen molar-refractivity contribution in [3.05, 3.63) is 0 Å². The van der Waals surface area contributed by atoms with E-state index in [-0.39, 0.29) is 30.7 Å². The number of methoxy groups -OCH3 is 1. The third kappa shape index (κ3) is 7.64. The van der Waals surface area contributed by atoms with Crippen LogP contribution in [0.1, 0.15) is 32.1 Å². The number of amides is 1. The molecular weight excluding hydrogens is 301 g/mol. The number of ether oxygens (including phenoxy) is 1. The summed E-state index contributed by atoms with van der Waals surface area (Å²) in [6.45, 7) is 3.06. The second-order valence-electron chi connectivity index (χ2n) is 5.27. The highest BCUT2D eigenvalue weighted by Gasteiger charge is 2.34. The van der Waals surface area contributed by atoms with Crippen LogP contribution < -0.4 is 11.1 Å². The number of nitrogens with zero attached hydrogens (tertiary/aromatic N) is 1. The molecule has 0 bridgehead atoms. The number of rotatable bonds is 7. The number of hydrogen-bond acceptors (Lipinski definition) is 4. The molecule has 0 spiro atoms. The minimum atomic E-state index is -0.622. The van der Waals surface area contributed by atoms with Crippen LogP contribution in [0.5, 0.6) is 0 Å². The molecule has 0 atom stereocenters. The molecule has 7 heteroatoms. The van der Waals surface area contributed by atoms with Gasteiger partial charge in [-0.1, -0.05) is 19.3 Å². The Kier molecular flexibility index (Phi) is 12.9. The molecule has 0 aromatic rings. The monoisotopic (exact) mass is 329 g/mol. The molecule has 1 aliphatic rings. The maximum absolute atomic E-state index is 12.0. The van der Waals surface area contributed by atoms with Crippen molar-refractivity contribution in [3.63, 3.8) is 0 Å². The third-order valence-electron chi connectivity index (χ3n) is 3.65. The van der Waals surface area contributed by atoms with Crippen LogP contribution in [0.15, 0.2) is 0 Å². The van der Waals surface area contributed by atoms with Crippen molar-refractivity contribution in [1.82, 2.24) is 10.2 Å². The summed E-state index contributed by atoms with van der Waals surface area (Å²) in [5, 5.41) is 2.95. The molecule has 1 aliphatic carbocycles. The van der Waals surface area contributed by atoms with Gasteiger partial charge in [0, 0.05) is 26.7 Å². The van der Waals surface area contributed by atoms with Gasteiger partial charge in [0.2, 0.25) is 5.91 Å². The van der Waals surface area contributed by atoms with Crippen LogP contribution in [0.4, 0.5) is 0 Å². The predicted octanol–water partition coefficient (Wildman–Crippen LogP) is 1.19. The van der Waals surface area contributed by atoms with E-state index in [0.29, 0.717) is 13.2 Å². The van der Waals surface area contributed by atoms with Gasteiger partial charge in [-0.25, -0.2) is 0 Å². The summed E-state index contributed by atoms with van der Waals surface area (Å²) < 4.78 is 5.00. The molecule has 0 saturated heterocycles. The molecule has 1 rings (SSSR count). The molecule has 1 saturated carbocycles.